The van der Waals surface area contributed by atoms with Gasteiger partial charge in [-0.1, -0.05) is 28.1 Å². The smallest absolute Gasteiger partial charge is 0.212 e. The van der Waals surface area contributed by atoms with Crippen molar-refractivity contribution in [3.63, 3.8) is 0 Å². The lowest BCUT2D eigenvalue weighted by atomic mass is 9.90. The fraction of sp³-hybridized carbons (Fsp3) is 0.188. The molecule has 0 fully saturated rings. The van der Waals surface area contributed by atoms with Gasteiger partial charge in [-0.2, -0.15) is 4.39 Å². The molecule has 1 aliphatic rings. The molecule has 0 bridgehead atoms. The average molecular weight is 493 g/mol. The Bertz CT molecular complexity index is 912. The lowest BCUT2D eigenvalue weighted by Gasteiger charge is -2.26. The predicted molar refractivity (Wildman–Crippen MR) is 103 cm³/mol. The molecule has 0 amide bonds. The third-order valence-corrected chi connectivity index (χ3v) is 8.50. The van der Waals surface area contributed by atoms with Crippen LogP contribution >= 0.6 is 43.6 Å². The summed E-state index contributed by atoms with van der Waals surface area (Å²) in [5, 5.41) is 0. The SMILES string of the molecule is CS(=O)(=O)c1ccc(C2(Br)CSC(Br)=C2c2ccc(F)nc2)cc1. The molecule has 2 aromatic rings. The van der Waals surface area contributed by atoms with Crippen molar-refractivity contribution in [1.29, 1.82) is 0 Å². The molecule has 1 atom stereocenters. The van der Waals surface area contributed by atoms with Crippen molar-refractivity contribution < 1.29 is 12.8 Å². The maximum atomic E-state index is 13.1. The standard InChI is InChI=1S/C16H12Br2FNO2S2/c1-24(21,22)12-5-3-11(4-6-12)16(18)9-23-15(17)14(16)10-2-7-13(19)20-8-10/h2-8H,9H2,1H3. The number of benzene rings is 1. The Morgan fingerprint density at radius 3 is 2.42 bits per heavy atom. The summed E-state index contributed by atoms with van der Waals surface area (Å²) in [5.41, 5.74) is 2.68. The minimum Gasteiger partial charge on any atom is -0.228 e. The average Bonchev–Trinajstić information content (AvgIpc) is 2.84. The van der Waals surface area contributed by atoms with Crippen LogP contribution in [-0.4, -0.2) is 25.4 Å². The number of thioether (sulfide) groups is 1. The molecule has 0 saturated carbocycles. The second kappa shape index (κ2) is 6.55. The van der Waals surface area contributed by atoms with Crippen molar-refractivity contribution in [2.45, 2.75) is 9.22 Å². The lowest BCUT2D eigenvalue weighted by Crippen LogP contribution is -2.20. The Balaban J connectivity index is 2.07. The summed E-state index contributed by atoms with van der Waals surface area (Å²) in [4.78, 5) is 4.01. The van der Waals surface area contributed by atoms with Crippen molar-refractivity contribution in [3.8, 4) is 0 Å². The summed E-state index contributed by atoms with van der Waals surface area (Å²) in [6.07, 6.45) is 2.68. The number of aromatic nitrogens is 1. The zero-order valence-corrected chi connectivity index (χ0v) is 17.3. The molecule has 1 aliphatic heterocycles. The van der Waals surface area contributed by atoms with Gasteiger partial charge in [-0.15, -0.1) is 11.8 Å². The van der Waals surface area contributed by atoms with Gasteiger partial charge >= 0.3 is 0 Å². The minimum atomic E-state index is -3.24. The first kappa shape index (κ1) is 18.1. The number of hydrogen-bond acceptors (Lipinski definition) is 4. The number of rotatable bonds is 3. The van der Waals surface area contributed by atoms with E-state index < -0.39 is 20.1 Å². The van der Waals surface area contributed by atoms with Crippen LogP contribution in [0.1, 0.15) is 11.1 Å². The van der Waals surface area contributed by atoms with E-state index in [2.05, 4.69) is 36.8 Å². The molecule has 0 radical (unpaired) electrons. The molecule has 2 heterocycles. The summed E-state index contributed by atoms with van der Waals surface area (Å²) in [6.45, 7) is 0. The van der Waals surface area contributed by atoms with E-state index in [-0.39, 0.29) is 4.90 Å². The fourth-order valence-electron chi connectivity index (χ4n) is 2.52. The molecular weight excluding hydrogens is 481 g/mol. The molecule has 8 heteroatoms. The van der Waals surface area contributed by atoms with E-state index in [1.165, 1.54) is 18.5 Å². The molecule has 3 nitrogen and oxygen atoms in total. The zero-order chi connectivity index (χ0) is 17.5. The molecule has 1 aromatic carbocycles. The highest BCUT2D eigenvalue weighted by Crippen LogP contribution is 2.57. The maximum Gasteiger partial charge on any atom is 0.212 e. The first-order valence-electron chi connectivity index (χ1n) is 6.86. The van der Waals surface area contributed by atoms with Gasteiger partial charge in [-0.3, -0.25) is 0 Å². The van der Waals surface area contributed by atoms with Gasteiger partial charge in [-0.25, -0.2) is 13.4 Å². The van der Waals surface area contributed by atoms with E-state index in [4.69, 9.17) is 0 Å². The molecule has 24 heavy (non-hydrogen) atoms. The Morgan fingerprint density at radius 2 is 1.88 bits per heavy atom. The summed E-state index contributed by atoms with van der Waals surface area (Å²) < 4.78 is 36.8. The Labute approximate surface area is 160 Å². The first-order chi connectivity index (χ1) is 11.2. The third kappa shape index (κ3) is 3.34. The number of alkyl halides is 1. The molecule has 0 N–H and O–H groups in total. The van der Waals surface area contributed by atoms with Crippen LogP contribution in [0.2, 0.25) is 0 Å². The van der Waals surface area contributed by atoms with Crippen LogP contribution in [0.4, 0.5) is 4.39 Å². The molecule has 1 aromatic heterocycles. The molecular formula is C16H12Br2FNO2S2. The maximum absolute atomic E-state index is 13.1. The van der Waals surface area contributed by atoms with E-state index in [1.54, 1.807) is 42.1 Å². The predicted octanol–water partition coefficient (Wildman–Crippen LogP) is 4.72. The largest absolute Gasteiger partial charge is 0.228 e. The van der Waals surface area contributed by atoms with Crippen LogP contribution in [0, 0.1) is 5.95 Å². The van der Waals surface area contributed by atoms with Crippen LogP contribution in [-0.2, 0) is 14.2 Å². The molecule has 1 unspecified atom stereocenters. The molecule has 0 spiro atoms. The highest BCUT2D eigenvalue weighted by Gasteiger charge is 2.41. The second-order valence-electron chi connectivity index (χ2n) is 5.40. The fourth-order valence-corrected chi connectivity index (χ4v) is 6.57. The Morgan fingerprint density at radius 1 is 1.21 bits per heavy atom. The van der Waals surface area contributed by atoms with Gasteiger partial charge in [0.05, 0.1) is 13.0 Å². The van der Waals surface area contributed by atoms with Gasteiger partial charge in [0.25, 0.3) is 0 Å². The van der Waals surface area contributed by atoms with Crippen LogP contribution in [0.3, 0.4) is 0 Å². The van der Waals surface area contributed by atoms with Crippen LogP contribution in [0.15, 0.2) is 51.3 Å². The zero-order valence-electron chi connectivity index (χ0n) is 12.5. The highest BCUT2D eigenvalue weighted by molar-refractivity contribution is 9.14. The van der Waals surface area contributed by atoms with Crippen molar-refractivity contribution in [2.75, 3.05) is 12.0 Å². The Hall–Kier alpha value is -0.700. The summed E-state index contributed by atoms with van der Waals surface area (Å²) in [5.74, 6) is 0.192. The lowest BCUT2D eigenvalue weighted by molar-refractivity contribution is 0.583. The van der Waals surface area contributed by atoms with Crippen molar-refractivity contribution >= 4 is 59.0 Å². The Kier molecular flexibility index (Phi) is 4.94. The van der Waals surface area contributed by atoms with Crippen LogP contribution < -0.4 is 0 Å². The van der Waals surface area contributed by atoms with Gasteiger partial charge in [0, 0.05) is 23.8 Å². The van der Waals surface area contributed by atoms with Gasteiger partial charge in [0.1, 0.15) is 0 Å². The quantitative estimate of drug-likeness (QED) is 0.459. The highest BCUT2D eigenvalue weighted by atomic mass is 79.9. The number of nitrogens with zero attached hydrogens (tertiary/aromatic N) is 1. The van der Waals surface area contributed by atoms with E-state index in [1.807, 2.05) is 0 Å². The van der Waals surface area contributed by atoms with E-state index in [9.17, 15) is 12.8 Å². The molecule has 0 aliphatic carbocycles. The summed E-state index contributed by atoms with van der Waals surface area (Å²) in [6, 6.07) is 9.82. The van der Waals surface area contributed by atoms with Crippen LogP contribution in [0.5, 0.6) is 0 Å². The number of allylic oxidation sites excluding steroid dienone is 1. The topological polar surface area (TPSA) is 47.0 Å². The third-order valence-electron chi connectivity index (χ3n) is 3.75. The van der Waals surface area contributed by atoms with E-state index in [0.29, 0.717) is 0 Å². The molecule has 3 rings (SSSR count). The second-order valence-corrected chi connectivity index (χ2v) is 11.1. The van der Waals surface area contributed by atoms with E-state index >= 15 is 0 Å². The monoisotopic (exact) mass is 491 g/mol. The number of pyridine rings is 1. The molecule has 126 valence electrons. The van der Waals surface area contributed by atoms with Gasteiger partial charge in [0.15, 0.2) is 9.84 Å². The van der Waals surface area contributed by atoms with E-state index in [0.717, 1.165) is 26.3 Å². The first-order valence-corrected chi connectivity index (χ1v) is 11.3. The normalized spacial score (nSPS) is 21.3. The van der Waals surface area contributed by atoms with Crippen molar-refractivity contribution in [2.24, 2.45) is 0 Å². The van der Waals surface area contributed by atoms with Gasteiger partial charge in [-0.05, 0) is 51.3 Å². The van der Waals surface area contributed by atoms with Gasteiger partial charge < -0.3 is 0 Å². The van der Waals surface area contributed by atoms with Crippen LogP contribution in [0.25, 0.3) is 5.57 Å². The number of sulfone groups is 1. The van der Waals surface area contributed by atoms with Crippen molar-refractivity contribution in [3.05, 3.63) is 63.5 Å². The number of halogens is 3. The minimum absolute atomic E-state index is 0.279. The van der Waals surface area contributed by atoms with Gasteiger partial charge in [0.2, 0.25) is 5.95 Å². The summed E-state index contributed by atoms with van der Waals surface area (Å²) in [7, 11) is -3.24. The summed E-state index contributed by atoms with van der Waals surface area (Å²) >= 11 is 9.01. The number of hydrogen-bond donors (Lipinski definition) is 0. The molecule has 0 saturated heterocycles. The van der Waals surface area contributed by atoms with Crippen molar-refractivity contribution in [1.82, 2.24) is 4.98 Å².